The zero-order valence-electron chi connectivity index (χ0n) is 14.4. The average Bonchev–Trinajstić information content (AvgIpc) is 3.23. The van der Waals surface area contributed by atoms with Crippen LogP contribution in [-0.4, -0.2) is 43.9 Å². The number of hydrogen-bond acceptors (Lipinski definition) is 5. The lowest BCUT2D eigenvalue weighted by molar-refractivity contribution is -0.132. The number of carbonyl (C=O) groups excluding carboxylic acids is 1. The van der Waals surface area contributed by atoms with Gasteiger partial charge in [-0.05, 0) is 26.7 Å². The number of nitrogens with one attached hydrogen (secondary N) is 1. The maximum Gasteiger partial charge on any atom is 0.246 e. The van der Waals surface area contributed by atoms with Crippen molar-refractivity contribution in [2.45, 2.75) is 44.8 Å². The molecule has 0 saturated carbocycles. The maximum atomic E-state index is 12.8. The second-order valence-electron chi connectivity index (χ2n) is 6.40. The van der Waals surface area contributed by atoms with Gasteiger partial charge in [0, 0.05) is 44.4 Å². The van der Waals surface area contributed by atoms with Gasteiger partial charge in [0.05, 0.1) is 18.4 Å². The van der Waals surface area contributed by atoms with E-state index in [2.05, 4.69) is 43.6 Å². The molecule has 1 unspecified atom stereocenters. The molecule has 24 heavy (non-hydrogen) atoms. The van der Waals surface area contributed by atoms with Crippen molar-refractivity contribution in [3.05, 3.63) is 42.5 Å². The minimum absolute atomic E-state index is 0.0387. The fourth-order valence-electron chi connectivity index (χ4n) is 3.58. The lowest BCUT2D eigenvalue weighted by atomic mass is 9.90. The third-order valence-corrected chi connectivity index (χ3v) is 4.73. The van der Waals surface area contributed by atoms with E-state index in [-0.39, 0.29) is 5.91 Å². The summed E-state index contributed by atoms with van der Waals surface area (Å²) < 4.78 is 2.14. The van der Waals surface area contributed by atoms with Crippen LogP contribution in [0.1, 0.15) is 44.2 Å². The minimum Gasteiger partial charge on any atom is -0.357 e. The first-order valence-corrected chi connectivity index (χ1v) is 8.35. The van der Waals surface area contributed by atoms with Gasteiger partial charge in [-0.25, -0.2) is 4.98 Å². The van der Waals surface area contributed by atoms with E-state index in [4.69, 9.17) is 0 Å². The zero-order chi connectivity index (χ0) is 17.2. The molecular weight excluding hydrogens is 304 g/mol. The van der Waals surface area contributed by atoms with Crippen molar-refractivity contribution in [1.29, 1.82) is 0 Å². The van der Waals surface area contributed by atoms with Crippen LogP contribution in [0.5, 0.6) is 0 Å². The Morgan fingerprint density at radius 1 is 1.33 bits per heavy atom. The topological polar surface area (TPSA) is 75.9 Å². The first-order valence-electron chi connectivity index (χ1n) is 8.35. The Kier molecular flexibility index (Phi) is 4.62. The van der Waals surface area contributed by atoms with Crippen LogP contribution < -0.4 is 5.32 Å². The minimum atomic E-state index is -0.781. The van der Waals surface area contributed by atoms with E-state index in [1.54, 1.807) is 25.6 Å². The van der Waals surface area contributed by atoms with Gasteiger partial charge in [0.25, 0.3) is 0 Å². The van der Waals surface area contributed by atoms with Crippen molar-refractivity contribution in [2.75, 3.05) is 13.6 Å². The van der Waals surface area contributed by atoms with Crippen molar-refractivity contribution < 1.29 is 4.79 Å². The van der Waals surface area contributed by atoms with Gasteiger partial charge < -0.3 is 9.88 Å². The first kappa shape index (κ1) is 16.6. The Balaban J connectivity index is 1.99. The molecular formula is C17H24N6O. The van der Waals surface area contributed by atoms with Gasteiger partial charge in [-0.15, -0.1) is 0 Å². The van der Waals surface area contributed by atoms with E-state index >= 15 is 0 Å². The second kappa shape index (κ2) is 6.68. The third-order valence-electron chi connectivity index (χ3n) is 4.73. The highest BCUT2D eigenvalue weighted by molar-refractivity contribution is 5.87. The van der Waals surface area contributed by atoms with Crippen LogP contribution in [0, 0.1) is 0 Å². The van der Waals surface area contributed by atoms with E-state index < -0.39 is 5.54 Å². The van der Waals surface area contributed by atoms with Gasteiger partial charge in [-0.3, -0.25) is 19.7 Å². The number of amides is 1. The molecule has 1 atom stereocenters. The smallest absolute Gasteiger partial charge is 0.246 e. The number of aromatic nitrogens is 4. The number of imidazole rings is 1. The van der Waals surface area contributed by atoms with E-state index in [0.29, 0.717) is 18.3 Å². The Hall–Kier alpha value is -2.28. The standard InChI is InChI=1S/C17H24N6O/c1-13(2)23-10-8-21-15(23)12-22-9-4-5-17(22,16(24)18-3)14-11-19-6-7-20-14/h6-8,10-11,13H,4-5,9,12H2,1-3H3,(H,18,24). The second-order valence-corrected chi connectivity index (χ2v) is 6.40. The lowest BCUT2D eigenvalue weighted by Gasteiger charge is -2.36. The molecule has 1 fully saturated rings. The Morgan fingerprint density at radius 3 is 2.83 bits per heavy atom. The largest absolute Gasteiger partial charge is 0.357 e. The lowest BCUT2D eigenvalue weighted by Crippen LogP contribution is -2.52. The predicted molar refractivity (Wildman–Crippen MR) is 90.0 cm³/mol. The molecule has 0 spiro atoms. The molecule has 1 aliphatic rings. The van der Waals surface area contributed by atoms with Gasteiger partial charge >= 0.3 is 0 Å². The highest BCUT2D eigenvalue weighted by atomic mass is 16.2. The van der Waals surface area contributed by atoms with E-state index in [1.165, 1.54) is 0 Å². The summed E-state index contributed by atoms with van der Waals surface area (Å²) in [7, 11) is 1.67. The molecule has 0 aromatic carbocycles. The Labute approximate surface area is 142 Å². The molecule has 3 heterocycles. The van der Waals surface area contributed by atoms with Gasteiger partial charge in [0.15, 0.2) is 0 Å². The summed E-state index contributed by atoms with van der Waals surface area (Å²) in [4.78, 5) is 28.1. The van der Waals surface area contributed by atoms with Gasteiger partial charge in [0.2, 0.25) is 5.91 Å². The summed E-state index contributed by atoms with van der Waals surface area (Å²) in [6.45, 7) is 5.69. The molecule has 7 nitrogen and oxygen atoms in total. The summed E-state index contributed by atoms with van der Waals surface area (Å²) in [5.41, 5.74) is -0.0824. The van der Waals surface area contributed by atoms with Crippen molar-refractivity contribution >= 4 is 5.91 Å². The summed E-state index contributed by atoms with van der Waals surface area (Å²) >= 11 is 0. The molecule has 0 radical (unpaired) electrons. The molecule has 1 saturated heterocycles. The molecule has 0 bridgehead atoms. The first-order chi connectivity index (χ1) is 11.6. The molecule has 1 N–H and O–H groups in total. The molecule has 3 rings (SSSR count). The summed E-state index contributed by atoms with van der Waals surface area (Å²) in [5, 5.41) is 2.82. The van der Waals surface area contributed by atoms with Crippen LogP contribution in [0.15, 0.2) is 31.0 Å². The summed E-state index contributed by atoms with van der Waals surface area (Å²) in [6, 6.07) is 0.330. The number of likely N-dealkylation sites (tertiary alicyclic amines) is 1. The Morgan fingerprint density at radius 2 is 2.17 bits per heavy atom. The van der Waals surface area contributed by atoms with E-state index in [0.717, 1.165) is 25.2 Å². The third kappa shape index (κ3) is 2.69. The normalized spacial score (nSPS) is 21.3. The number of nitrogens with zero attached hydrogens (tertiary/aromatic N) is 5. The van der Waals surface area contributed by atoms with Gasteiger partial charge in [0.1, 0.15) is 11.4 Å². The van der Waals surface area contributed by atoms with Crippen LogP contribution in [0.4, 0.5) is 0 Å². The van der Waals surface area contributed by atoms with Crippen LogP contribution in [0.3, 0.4) is 0 Å². The number of hydrogen-bond donors (Lipinski definition) is 1. The Bertz CT molecular complexity index is 698. The number of rotatable bonds is 5. The van der Waals surface area contributed by atoms with Crippen molar-refractivity contribution in [2.24, 2.45) is 0 Å². The molecule has 1 amide bonds. The monoisotopic (exact) mass is 328 g/mol. The SMILES string of the molecule is CNC(=O)C1(c2cnccn2)CCCN1Cc1nccn1C(C)C. The highest BCUT2D eigenvalue weighted by Crippen LogP contribution is 2.39. The van der Waals surface area contributed by atoms with Crippen molar-refractivity contribution in [1.82, 2.24) is 29.7 Å². The summed E-state index contributed by atoms with van der Waals surface area (Å²) in [5.74, 6) is 0.923. The molecule has 2 aromatic rings. The van der Waals surface area contributed by atoms with Crippen molar-refractivity contribution in [3.63, 3.8) is 0 Å². The van der Waals surface area contributed by atoms with E-state index in [9.17, 15) is 4.79 Å². The van der Waals surface area contributed by atoms with Gasteiger partial charge in [-0.2, -0.15) is 0 Å². The fourth-order valence-corrected chi connectivity index (χ4v) is 3.58. The molecule has 2 aromatic heterocycles. The molecule has 1 aliphatic heterocycles. The molecule has 7 heteroatoms. The number of likely N-dealkylation sites (N-methyl/N-ethyl adjacent to an activating group) is 1. The van der Waals surface area contributed by atoms with Crippen LogP contribution in [-0.2, 0) is 16.9 Å². The zero-order valence-corrected chi connectivity index (χ0v) is 14.4. The van der Waals surface area contributed by atoms with Crippen LogP contribution >= 0.6 is 0 Å². The quantitative estimate of drug-likeness (QED) is 0.900. The predicted octanol–water partition coefficient (Wildman–Crippen LogP) is 1.49. The van der Waals surface area contributed by atoms with Gasteiger partial charge in [-0.1, -0.05) is 0 Å². The molecule has 0 aliphatic carbocycles. The average molecular weight is 328 g/mol. The van der Waals surface area contributed by atoms with Crippen LogP contribution in [0.25, 0.3) is 0 Å². The van der Waals surface area contributed by atoms with Crippen LogP contribution in [0.2, 0.25) is 0 Å². The summed E-state index contributed by atoms with van der Waals surface area (Å²) in [6.07, 6.45) is 10.4. The maximum absolute atomic E-state index is 12.8. The number of carbonyl (C=O) groups is 1. The van der Waals surface area contributed by atoms with Crippen molar-refractivity contribution in [3.8, 4) is 0 Å². The fraction of sp³-hybridized carbons (Fsp3) is 0.529. The van der Waals surface area contributed by atoms with E-state index in [1.807, 2.05) is 12.4 Å². The molecule has 128 valence electrons. The highest BCUT2D eigenvalue weighted by Gasteiger charge is 2.50.